The molecular formula is C14H17N3O3S. The van der Waals surface area contributed by atoms with E-state index in [-0.39, 0.29) is 4.90 Å². The highest BCUT2D eigenvalue weighted by Gasteiger charge is 2.33. The summed E-state index contributed by atoms with van der Waals surface area (Å²) >= 11 is 0. The third-order valence-electron chi connectivity index (χ3n) is 4.03. The molecule has 7 heteroatoms. The quantitative estimate of drug-likeness (QED) is 0.801. The average Bonchev–Trinajstić information content (AvgIpc) is 2.46. The number of nitrogens with zero attached hydrogens (tertiary/aromatic N) is 3. The lowest BCUT2D eigenvalue weighted by Gasteiger charge is -2.42. The highest BCUT2D eigenvalue weighted by atomic mass is 32.2. The van der Waals surface area contributed by atoms with Gasteiger partial charge >= 0.3 is 0 Å². The van der Waals surface area contributed by atoms with Crippen LogP contribution in [0.3, 0.4) is 0 Å². The van der Waals surface area contributed by atoms with Crippen LogP contribution in [-0.4, -0.2) is 63.1 Å². The number of benzene rings is 1. The molecule has 0 unspecified atom stereocenters. The Bertz CT molecular complexity index is 639. The maximum Gasteiger partial charge on any atom is 0.243 e. The van der Waals surface area contributed by atoms with Gasteiger partial charge in [0.05, 0.1) is 35.8 Å². The Labute approximate surface area is 124 Å². The molecule has 2 saturated heterocycles. The standard InChI is InChI=1S/C14H17N3O3S/c15-9-12-1-3-14(4-2-12)21(18,19)17-7-5-16(6-8-17)13-10-20-11-13/h1-4,13H,5-8,10-11H2. The first-order valence-electron chi connectivity index (χ1n) is 6.93. The Morgan fingerprint density at radius 3 is 2.19 bits per heavy atom. The number of hydrogen-bond acceptors (Lipinski definition) is 5. The number of sulfonamides is 1. The second-order valence-corrected chi connectivity index (χ2v) is 7.21. The van der Waals surface area contributed by atoms with Crippen molar-refractivity contribution >= 4 is 10.0 Å². The van der Waals surface area contributed by atoms with Crippen LogP contribution in [-0.2, 0) is 14.8 Å². The van der Waals surface area contributed by atoms with Crippen LogP contribution in [0, 0.1) is 11.3 Å². The van der Waals surface area contributed by atoms with Crippen molar-refractivity contribution in [1.29, 1.82) is 5.26 Å². The summed E-state index contributed by atoms with van der Waals surface area (Å²) in [5.74, 6) is 0. The van der Waals surface area contributed by atoms with E-state index in [2.05, 4.69) is 4.90 Å². The van der Waals surface area contributed by atoms with Gasteiger partial charge in [-0.2, -0.15) is 9.57 Å². The van der Waals surface area contributed by atoms with Crippen LogP contribution < -0.4 is 0 Å². The number of piperazine rings is 1. The van der Waals surface area contributed by atoms with E-state index in [1.165, 1.54) is 28.6 Å². The largest absolute Gasteiger partial charge is 0.378 e. The van der Waals surface area contributed by atoms with Crippen LogP contribution in [0.1, 0.15) is 5.56 Å². The summed E-state index contributed by atoms with van der Waals surface area (Å²) in [6.45, 7) is 3.98. The molecule has 2 aliphatic heterocycles. The van der Waals surface area contributed by atoms with Gasteiger partial charge in [0.15, 0.2) is 0 Å². The molecule has 0 saturated carbocycles. The van der Waals surface area contributed by atoms with Gasteiger partial charge < -0.3 is 4.74 Å². The van der Waals surface area contributed by atoms with Gasteiger partial charge in [-0.15, -0.1) is 0 Å². The third kappa shape index (κ3) is 2.80. The minimum atomic E-state index is -3.46. The molecule has 112 valence electrons. The molecule has 0 bridgehead atoms. The summed E-state index contributed by atoms with van der Waals surface area (Å²) in [6, 6.07) is 8.51. The number of nitriles is 1. The zero-order valence-corrected chi connectivity index (χ0v) is 12.4. The molecular weight excluding hydrogens is 290 g/mol. The van der Waals surface area contributed by atoms with Crippen LogP contribution in [0.2, 0.25) is 0 Å². The average molecular weight is 307 g/mol. The van der Waals surface area contributed by atoms with Gasteiger partial charge in [0, 0.05) is 26.2 Å². The van der Waals surface area contributed by atoms with Crippen LogP contribution in [0.25, 0.3) is 0 Å². The Morgan fingerprint density at radius 2 is 1.71 bits per heavy atom. The fraction of sp³-hybridized carbons (Fsp3) is 0.500. The molecule has 0 aromatic heterocycles. The van der Waals surface area contributed by atoms with Crippen LogP contribution in [0.5, 0.6) is 0 Å². The van der Waals surface area contributed by atoms with Crippen molar-refractivity contribution in [2.45, 2.75) is 10.9 Å². The van der Waals surface area contributed by atoms with E-state index in [4.69, 9.17) is 10.00 Å². The number of rotatable bonds is 3. The Kier molecular flexibility index (Phi) is 3.95. The summed E-state index contributed by atoms with van der Waals surface area (Å²) in [5, 5.41) is 8.76. The van der Waals surface area contributed by atoms with Crippen molar-refractivity contribution in [3.63, 3.8) is 0 Å². The van der Waals surface area contributed by atoms with Crippen LogP contribution in [0.4, 0.5) is 0 Å². The number of ether oxygens (including phenoxy) is 1. The minimum Gasteiger partial charge on any atom is -0.378 e. The maximum atomic E-state index is 12.5. The SMILES string of the molecule is N#Cc1ccc(S(=O)(=O)N2CCN(C3COC3)CC2)cc1. The van der Waals surface area contributed by atoms with E-state index in [0.717, 1.165) is 26.3 Å². The summed E-state index contributed by atoms with van der Waals surface area (Å²) in [4.78, 5) is 2.54. The Hall–Kier alpha value is -1.46. The van der Waals surface area contributed by atoms with Gasteiger partial charge in [-0.05, 0) is 24.3 Å². The van der Waals surface area contributed by atoms with Crippen molar-refractivity contribution in [2.24, 2.45) is 0 Å². The van der Waals surface area contributed by atoms with Crippen molar-refractivity contribution in [3.8, 4) is 6.07 Å². The van der Waals surface area contributed by atoms with E-state index in [1.54, 1.807) is 0 Å². The van der Waals surface area contributed by atoms with Gasteiger partial charge in [-0.1, -0.05) is 0 Å². The van der Waals surface area contributed by atoms with E-state index in [0.29, 0.717) is 24.7 Å². The maximum absolute atomic E-state index is 12.5. The van der Waals surface area contributed by atoms with Crippen molar-refractivity contribution < 1.29 is 13.2 Å². The summed E-state index contributed by atoms with van der Waals surface area (Å²) < 4.78 is 31.8. The van der Waals surface area contributed by atoms with Crippen LogP contribution >= 0.6 is 0 Å². The minimum absolute atomic E-state index is 0.252. The Balaban J connectivity index is 1.69. The van der Waals surface area contributed by atoms with Crippen LogP contribution in [0.15, 0.2) is 29.2 Å². The van der Waals surface area contributed by atoms with Crippen molar-refractivity contribution in [3.05, 3.63) is 29.8 Å². The summed E-state index contributed by atoms with van der Waals surface area (Å²) in [7, 11) is -3.46. The lowest BCUT2D eigenvalue weighted by Crippen LogP contribution is -2.57. The molecule has 0 N–H and O–H groups in total. The molecule has 6 nitrogen and oxygen atoms in total. The van der Waals surface area contributed by atoms with Gasteiger partial charge in [-0.25, -0.2) is 8.42 Å². The van der Waals surface area contributed by atoms with Gasteiger partial charge in [0.25, 0.3) is 0 Å². The van der Waals surface area contributed by atoms with Crippen molar-refractivity contribution in [2.75, 3.05) is 39.4 Å². The van der Waals surface area contributed by atoms with E-state index >= 15 is 0 Å². The van der Waals surface area contributed by atoms with Gasteiger partial charge in [-0.3, -0.25) is 4.90 Å². The van der Waals surface area contributed by atoms with E-state index in [1.807, 2.05) is 6.07 Å². The predicted octanol–water partition coefficient (Wildman–Crippen LogP) is 0.263. The summed E-state index contributed by atoms with van der Waals surface area (Å²) in [5.41, 5.74) is 0.462. The smallest absolute Gasteiger partial charge is 0.243 e. The molecule has 1 aromatic carbocycles. The molecule has 3 rings (SSSR count). The number of hydrogen-bond donors (Lipinski definition) is 0. The Morgan fingerprint density at radius 1 is 1.10 bits per heavy atom. The zero-order chi connectivity index (χ0) is 14.9. The molecule has 2 aliphatic rings. The fourth-order valence-corrected chi connectivity index (χ4v) is 4.02. The second-order valence-electron chi connectivity index (χ2n) is 5.27. The third-order valence-corrected chi connectivity index (χ3v) is 5.94. The van der Waals surface area contributed by atoms with Gasteiger partial charge in [0.1, 0.15) is 0 Å². The highest BCUT2D eigenvalue weighted by Crippen LogP contribution is 2.20. The zero-order valence-electron chi connectivity index (χ0n) is 11.6. The molecule has 0 amide bonds. The normalized spacial score (nSPS) is 21.7. The molecule has 1 aromatic rings. The lowest BCUT2D eigenvalue weighted by atomic mass is 10.2. The highest BCUT2D eigenvalue weighted by molar-refractivity contribution is 7.89. The molecule has 0 radical (unpaired) electrons. The topological polar surface area (TPSA) is 73.6 Å². The molecule has 0 aliphatic carbocycles. The van der Waals surface area contributed by atoms with E-state index in [9.17, 15) is 8.42 Å². The molecule has 0 spiro atoms. The molecule has 2 fully saturated rings. The van der Waals surface area contributed by atoms with Gasteiger partial charge in [0.2, 0.25) is 10.0 Å². The first-order valence-corrected chi connectivity index (χ1v) is 8.37. The van der Waals surface area contributed by atoms with E-state index < -0.39 is 10.0 Å². The lowest BCUT2D eigenvalue weighted by molar-refractivity contribution is -0.0721. The van der Waals surface area contributed by atoms with Crippen molar-refractivity contribution in [1.82, 2.24) is 9.21 Å². The second kappa shape index (κ2) is 5.73. The predicted molar refractivity (Wildman–Crippen MR) is 76.1 cm³/mol. The first-order chi connectivity index (χ1) is 10.1. The first kappa shape index (κ1) is 14.5. The monoisotopic (exact) mass is 307 g/mol. The molecule has 21 heavy (non-hydrogen) atoms. The summed E-state index contributed by atoms with van der Waals surface area (Å²) in [6.07, 6.45) is 0. The fourth-order valence-electron chi connectivity index (χ4n) is 2.59. The molecule has 2 heterocycles. The molecule has 0 atom stereocenters.